The van der Waals surface area contributed by atoms with E-state index in [1.807, 2.05) is 0 Å². The Morgan fingerprint density at radius 2 is 0.721 bits per heavy atom. The molecule has 2 heterocycles. The zero-order chi connectivity index (χ0) is 45.6. The largest absolute Gasteiger partial charge is 0.454 e. The Morgan fingerprint density at radius 3 is 1.16 bits per heavy atom. The van der Waals surface area contributed by atoms with E-state index in [1.54, 1.807) is 0 Å². The fourth-order valence-electron chi connectivity index (χ4n) is 11.2. The summed E-state index contributed by atoms with van der Waals surface area (Å²) in [5.41, 5.74) is 12.9. The molecule has 12 rings (SSSR count). The molecule has 0 aliphatic carbocycles. The van der Waals surface area contributed by atoms with Crippen LogP contribution < -0.4 is 9.80 Å². The van der Waals surface area contributed by atoms with Gasteiger partial charge in [-0.2, -0.15) is 0 Å². The van der Waals surface area contributed by atoms with Gasteiger partial charge < -0.3 is 18.6 Å². The third-order valence-corrected chi connectivity index (χ3v) is 14.4. The van der Waals surface area contributed by atoms with E-state index in [1.165, 1.54) is 93.3 Å². The van der Waals surface area contributed by atoms with Crippen LogP contribution in [-0.2, 0) is 12.8 Å². The maximum atomic E-state index is 6.85. The van der Waals surface area contributed by atoms with Gasteiger partial charge in [-0.05, 0) is 119 Å². The van der Waals surface area contributed by atoms with E-state index >= 15 is 0 Å². The molecule has 0 fully saturated rings. The molecule has 0 saturated carbocycles. The fourth-order valence-corrected chi connectivity index (χ4v) is 11.2. The standard InChI is InChI=1S/C64H56N2O2/c1-3-5-7-11-23-43-41-57(65(45-25-13-9-14-26-45)55-33-21-31-51-49-29-17-19-35-59(49)67-63(51)55)53-40-38-48-44(24-12-8-6-4-2)42-58(54-39-37-47(43)61(53)62(48)54)66(46-27-15-10-16-28-46)56-34-22-32-52-50-30-18-20-36-60(50)68-64(52)56/h9-10,13-22,25-42H,3-8,11-12,23-24H2,1-2H3. The molecule has 0 atom stereocenters. The molecular weight excluding hydrogens is 829 g/mol. The quantitative estimate of drug-likeness (QED) is 0.0715. The fraction of sp³-hybridized carbons (Fsp3) is 0.188. The summed E-state index contributed by atoms with van der Waals surface area (Å²) in [6.07, 6.45) is 11.6. The number of benzene rings is 10. The first kappa shape index (κ1) is 41.8. The molecule has 68 heavy (non-hydrogen) atoms. The van der Waals surface area contributed by atoms with Crippen molar-refractivity contribution in [1.82, 2.24) is 0 Å². The van der Waals surface area contributed by atoms with Gasteiger partial charge in [-0.15, -0.1) is 0 Å². The van der Waals surface area contributed by atoms with Gasteiger partial charge in [0.1, 0.15) is 11.2 Å². The van der Waals surface area contributed by atoms with Crippen LogP contribution in [0.4, 0.5) is 34.1 Å². The second kappa shape index (κ2) is 17.9. The normalized spacial score (nSPS) is 12.0. The van der Waals surface area contributed by atoms with Crippen LogP contribution in [0.1, 0.15) is 76.3 Å². The van der Waals surface area contributed by atoms with E-state index in [9.17, 15) is 0 Å². The molecule has 0 unspecified atom stereocenters. The Kier molecular flexibility index (Phi) is 11.0. The number of hydrogen-bond acceptors (Lipinski definition) is 4. The van der Waals surface area contributed by atoms with Gasteiger partial charge in [0.15, 0.2) is 11.2 Å². The molecule has 0 radical (unpaired) electrons. The lowest BCUT2D eigenvalue weighted by atomic mass is 9.85. The third-order valence-electron chi connectivity index (χ3n) is 14.4. The predicted molar refractivity (Wildman–Crippen MR) is 290 cm³/mol. The van der Waals surface area contributed by atoms with Crippen molar-refractivity contribution in [2.45, 2.75) is 78.1 Å². The molecule has 0 amide bonds. The van der Waals surface area contributed by atoms with Gasteiger partial charge >= 0.3 is 0 Å². The molecule has 2 aromatic heterocycles. The molecule has 0 saturated heterocycles. The Hall–Kier alpha value is -7.56. The van der Waals surface area contributed by atoms with Crippen molar-refractivity contribution in [3.8, 4) is 0 Å². The van der Waals surface area contributed by atoms with Gasteiger partial charge in [0.05, 0.1) is 22.7 Å². The summed E-state index contributed by atoms with van der Waals surface area (Å²) in [6, 6.07) is 66.6. The monoisotopic (exact) mass is 884 g/mol. The van der Waals surface area contributed by atoms with E-state index in [4.69, 9.17) is 8.83 Å². The van der Waals surface area contributed by atoms with Gasteiger partial charge in [0.25, 0.3) is 0 Å². The number of unbranched alkanes of at least 4 members (excludes halogenated alkanes) is 6. The lowest BCUT2D eigenvalue weighted by molar-refractivity contribution is 0.668. The van der Waals surface area contributed by atoms with Crippen molar-refractivity contribution in [2.24, 2.45) is 0 Å². The zero-order valence-electron chi connectivity index (χ0n) is 39.1. The summed E-state index contributed by atoms with van der Waals surface area (Å²) < 4.78 is 13.7. The second-order valence-electron chi connectivity index (χ2n) is 18.6. The highest BCUT2D eigenvalue weighted by atomic mass is 16.3. The Balaban J connectivity index is 1.18. The zero-order valence-corrected chi connectivity index (χ0v) is 39.1. The lowest BCUT2D eigenvalue weighted by Gasteiger charge is -2.31. The highest BCUT2D eigenvalue weighted by Crippen LogP contribution is 2.52. The van der Waals surface area contributed by atoms with Crippen LogP contribution in [0, 0.1) is 0 Å². The van der Waals surface area contributed by atoms with E-state index in [0.717, 1.165) is 92.3 Å². The van der Waals surface area contributed by atoms with Crippen molar-refractivity contribution >= 4 is 110 Å². The Labute approximate surface area is 398 Å². The summed E-state index contributed by atoms with van der Waals surface area (Å²) >= 11 is 0. The average molecular weight is 885 g/mol. The van der Waals surface area contributed by atoms with Gasteiger partial charge in [-0.3, -0.25) is 0 Å². The number of hydrogen-bond donors (Lipinski definition) is 0. The molecule has 4 nitrogen and oxygen atoms in total. The summed E-state index contributed by atoms with van der Waals surface area (Å²) in [6.45, 7) is 4.60. The van der Waals surface area contributed by atoms with Crippen molar-refractivity contribution < 1.29 is 8.83 Å². The smallest absolute Gasteiger partial charge is 0.159 e. The molecule has 0 aliphatic rings. The molecule has 0 aliphatic heterocycles. The lowest BCUT2D eigenvalue weighted by Crippen LogP contribution is -2.13. The number of anilines is 6. The molecule has 334 valence electrons. The highest BCUT2D eigenvalue weighted by Gasteiger charge is 2.27. The van der Waals surface area contributed by atoms with Crippen molar-refractivity contribution in [1.29, 1.82) is 0 Å². The van der Waals surface area contributed by atoms with Crippen LogP contribution in [0.2, 0.25) is 0 Å². The number of rotatable bonds is 16. The minimum atomic E-state index is 0.891. The molecule has 0 spiro atoms. The van der Waals surface area contributed by atoms with Crippen LogP contribution in [0.5, 0.6) is 0 Å². The SMILES string of the molecule is CCCCCCc1cc(N(c2ccccc2)c2cccc3c2oc2ccccc23)c2ccc3c(CCCCCC)cc(N(c4ccccc4)c4cccc5c4oc4ccccc45)c4ccc1c2c34. The average Bonchev–Trinajstić information content (AvgIpc) is 3.97. The summed E-state index contributed by atoms with van der Waals surface area (Å²) in [5, 5.41) is 12.3. The van der Waals surface area contributed by atoms with Crippen LogP contribution in [0.15, 0.2) is 191 Å². The summed E-state index contributed by atoms with van der Waals surface area (Å²) in [5.74, 6) is 0. The Bertz CT molecular complexity index is 3490. The van der Waals surface area contributed by atoms with Gasteiger partial charge in [-0.25, -0.2) is 0 Å². The van der Waals surface area contributed by atoms with Crippen molar-refractivity contribution in [3.63, 3.8) is 0 Å². The molecule has 12 aromatic rings. The van der Waals surface area contributed by atoms with Crippen molar-refractivity contribution in [3.05, 3.63) is 193 Å². The number of furan rings is 2. The maximum Gasteiger partial charge on any atom is 0.159 e. The second-order valence-corrected chi connectivity index (χ2v) is 18.6. The van der Waals surface area contributed by atoms with E-state index < -0.39 is 0 Å². The number of fused-ring (bicyclic) bond motifs is 6. The minimum absolute atomic E-state index is 0.891. The molecule has 10 aromatic carbocycles. The third kappa shape index (κ3) is 7.13. The molecule has 4 heteroatoms. The van der Waals surface area contributed by atoms with Crippen LogP contribution >= 0.6 is 0 Å². The number of nitrogens with zero attached hydrogens (tertiary/aromatic N) is 2. The topological polar surface area (TPSA) is 32.8 Å². The molecule has 0 N–H and O–H groups in total. The number of aryl methyl sites for hydroxylation is 2. The highest BCUT2D eigenvalue weighted by molar-refractivity contribution is 6.30. The minimum Gasteiger partial charge on any atom is -0.454 e. The van der Waals surface area contributed by atoms with Crippen LogP contribution in [0.25, 0.3) is 76.2 Å². The maximum absolute atomic E-state index is 6.85. The van der Waals surface area contributed by atoms with E-state index in [-0.39, 0.29) is 0 Å². The van der Waals surface area contributed by atoms with Crippen molar-refractivity contribution in [2.75, 3.05) is 9.80 Å². The predicted octanol–water partition coefficient (Wildman–Crippen LogP) is 19.6. The number of para-hydroxylation sites is 6. The first-order valence-electron chi connectivity index (χ1n) is 25.0. The molecular formula is C64H56N2O2. The van der Waals surface area contributed by atoms with Gasteiger partial charge in [0.2, 0.25) is 0 Å². The summed E-state index contributed by atoms with van der Waals surface area (Å²) in [7, 11) is 0. The summed E-state index contributed by atoms with van der Waals surface area (Å²) in [4.78, 5) is 4.94. The van der Waals surface area contributed by atoms with E-state index in [0.29, 0.717) is 0 Å². The Morgan fingerprint density at radius 1 is 0.324 bits per heavy atom. The van der Waals surface area contributed by atoms with Gasteiger partial charge in [0, 0.05) is 43.7 Å². The first-order chi connectivity index (χ1) is 33.7. The van der Waals surface area contributed by atoms with Crippen LogP contribution in [-0.4, -0.2) is 0 Å². The first-order valence-corrected chi connectivity index (χ1v) is 25.0. The van der Waals surface area contributed by atoms with E-state index in [2.05, 4.69) is 206 Å². The van der Waals surface area contributed by atoms with Gasteiger partial charge in [-0.1, -0.05) is 174 Å². The van der Waals surface area contributed by atoms with Crippen LogP contribution in [0.3, 0.4) is 0 Å². The molecule has 0 bridgehead atoms.